The van der Waals surface area contributed by atoms with Crippen LogP contribution in [0, 0.1) is 17.3 Å². The van der Waals surface area contributed by atoms with Crippen molar-refractivity contribution in [3.63, 3.8) is 0 Å². The van der Waals surface area contributed by atoms with Gasteiger partial charge in [-0.1, -0.05) is 19.8 Å². The van der Waals surface area contributed by atoms with E-state index in [0.717, 1.165) is 38.7 Å². The number of hydrogen-bond donors (Lipinski definition) is 2. The van der Waals surface area contributed by atoms with E-state index >= 15 is 0 Å². The van der Waals surface area contributed by atoms with E-state index in [4.69, 9.17) is 4.74 Å². The van der Waals surface area contributed by atoms with Crippen LogP contribution in [0.5, 0.6) is 0 Å². The lowest BCUT2D eigenvalue weighted by atomic mass is 9.54. The van der Waals surface area contributed by atoms with E-state index in [1.165, 1.54) is 44.9 Å². The van der Waals surface area contributed by atoms with Crippen molar-refractivity contribution < 1.29 is 9.84 Å². The number of aliphatic hydroxyl groups excluding tert-OH is 1. The summed E-state index contributed by atoms with van der Waals surface area (Å²) >= 11 is 0. The number of hydrogen-bond acceptors (Lipinski definition) is 4. The largest absolute Gasteiger partial charge is 0.390 e. The summed E-state index contributed by atoms with van der Waals surface area (Å²) < 4.78 is 6.05. The van der Waals surface area contributed by atoms with Crippen LogP contribution in [0.4, 0.5) is 0 Å². The molecule has 2 aliphatic carbocycles. The van der Waals surface area contributed by atoms with Crippen molar-refractivity contribution in [3.05, 3.63) is 0 Å². The summed E-state index contributed by atoms with van der Waals surface area (Å²) in [5.74, 6) is 1.56. The molecule has 0 aromatic rings. The minimum absolute atomic E-state index is 0.233. The summed E-state index contributed by atoms with van der Waals surface area (Å²) in [5.41, 5.74) is 0.404. The van der Waals surface area contributed by atoms with E-state index in [2.05, 4.69) is 17.1 Å². The van der Waals surface area contributed by atoms with Gasteiger partial charge in [0.15, 0.2) is 0 Å². The molecule has 0 aromatic heterocycles. The summed E-state index contributed by atoms with van der Waals surface area (Å²) in [6, 6.07) is 0.591. The zero-order valence-electron chi connectivity index (χ0n) is 14.7. The van der Waals surface area contributed by atoms with E-state index < -0.39 is 0 Å². The Morgan fingerprint density at radius 1 is 1.22 bits per heavy atom. The normalized spacial score (nSPS) is 38.6. The van der Waals surface area contributed by atoms with Gasteiger partial charge in [-0.3, -0.25) is 0 Å². The second-order valence-corrected chi connectivity index (χ2v) is 8.71. The smallest absolute Gasteiger partial charge is 0.0791 e. The number of nitrogens with zero attached hydrogens (tertiary/aromatic N) is 1. The molecule has 2 aliphatic heterocycles. The van der Waals surface area contributed by atoms with Crippen molar-refractivity contribution in [1.29, 1.82) is 0 Å². The molecule has 4 rings (SSSR count). The molecule has 4 heteroatoms. The monoisotopic (exact) mass is 322 g/mol. The van der Waals surface area contributed by atoms with E-state index in [1.807, 2.05) is 0 Å². The van der Waals surface area contributed by atoms with Crippen molar-refractivity contribution in [1.82, 2.24) is 10.2 Å². The quantitative estimate of drug-likeness (QED) is 0.813. The molecule has 2 saturated carbocycles. The lowest BCUT2D eigenvalue weighted by Crippen LogP contribution is -2.68. The second-order valence-electron chi connectivity index (χ2n) is 8.71. The molecule has 4 nitrogen and oxygen atoms in total. The fourth-order valence-corrected chi connectivity index (χ4v) is 5.88. The Balaban J connectivity index is 1.27. The highest BCUT2D eigenvalue weighted by Crippen LogP contribution is 2.60. The van der Waals surface area contributed by atoms with Gasteiger partial charge in [-0.2, -0.15) is 0 Å². The van der Waals surface area contributed by atoms with Crippen molar-refractivity contribution in [2.24, 2.45) is 17.3 Å². The second kappa shape index (κ2) is 6.62. The molecule has 0 radical (unpaired) electrons. The minimum Gasteiger partial charge on any atom is -0.390 e. The average molecular weight is 322 g/mol. The van der Waals surface area contributed by atoms with E-state index in [9.17, 15) is 5.11 Å². The molecule has 0 bridgehead atoms. The van der Waals surface area contributed by atoms with Gasteiger partial charge in [0.25, 0.3) is 0 Å². The first-order valence-electron chi connectivity index (χ1n) is 9.94. The molecule has 23 heavy (non-hydrogen) atoms. The van der Waals surface area contributed by atoms with E-state index in [-0.39, 0.29) is 6.10 Å². The molecule has 4 fully saturated rings. The number of rotatable bonds is 5. The van der Waals surface area contributed by atoms with Crippen LogP contribution in [-0.2, 0) is 4.74 Å². The standard InChI is InChI=1S/C19H34N2O2/c1-14-4-9-21(10-5-14)13-15(22)12-20-17-16-6-11-23-18(16)19(17)7-2-3-8-19/h14-18,20,22H,2-13H2,1H3. The summed E-state index contributed by atoms with van der Waals surface area (Å²) in [7, 11) is 0. The average Bonchev–Trinajstić information content (AvgIpc) is 3.18. The summed E-state index contributed by atoms with van der Waals surface area (Å²) in [6.45, 7) is 7.19. The minimum atomic E-state index is -0.233. The topological polar surface area (TPSA) is 44.7 Å². The Labute approximate surface area is 141 Å². The highest BCUT2D eigenvalue weighted by Gasteiger charge is 2.64. The van der Waals surface area contributed by atoms with Gasteiger partial charge < -0.3 is 20.1 Å². The predicted molar refractivity (Wildman–Crippen MR) is 91.4 cm³/mol. The molecule has 4 unspecified atom stereocenters. The number of likely N-dealkylation sites (tertiary alicyclic amines) is 1. The van der Waals surface area contributed by atoms with Crippen LogP contribution in [-0.4, -0.2) is 61.0 Å². The number of piperidine rings is 1. The third kappa shape index (κ3) is 2.97. The Morgan fingerprint density at radius 3 is 2.70 bits per heavy atom. The maximum atomic E-state index is 10.5. The van der Waals surface area contributed by atoms with Crippen molar-refractivity contribution in [3.8, 4) is 0 Å². The van der Waals surface area contributed by atoms with E-state index in [1.54, 1.807) is 0 Å². The maximum Gasteiger partial charge on any atom is 0.0791 e. The fraction of sp³-hybridized carbons (Fsp3) is 1.00. The van der Waals surface area contributed by atoms with E-state index in [0.29, 0.717) is 23.5 Å². The molecule has 4 atom stereocenters. The highest BCUT2D eigenvalue weighted by molar-refractivity contribution is 5.16. The molecular formula is C19H34N2O2. The molecule has 1 spiro atoms. The molecule has 2 N–H and O–H groups in total. The van der Waals surface area contributed by atoms with Crippen LogP contribution in [0.2, 0.25) is 0 Å². The SMILES string of the molecule is CC1CCN(CC(O)CNC2C3CCOC3C23CCCC3)CC1. The predicted octanol–water partition coefficient (Wildman–Crippen LogP) is 2.02. The van der Waals surface area contributed by atoms with Gasteiger partial charge in [0, 0.05) is 37.1 Å². The number of fused-ring (bicyclic) bond motifs is 2. The summed E-state index contributed by atoms with van der Waals surface area (Å²) in [5, 5.41) is 14.2. The van der Waals surface area contributed by atoms with Gasteiger partial charge in [0.1, 0.15) is 0 Å². The number of nitrogens with one attached hydrogen (secondary N) is 1. The van der Waals surface area contributed by atoms with Gasteiger partial charge in [-0.25, -0.2) is 0 Å². The number of ether oxygens (including phenoxy) is 1. The van der Waals surface area contributed by atoms with Crippen LogP contribution in [0.15, 0.2) is 0 Å². The lowest BCUT2D eigenvalue weighted by Gasteiger charge is -2.57. The van der Waals surface area contributed by atoms with Gasteiger partial charge in [-0.05, 0) is 51.1 Å². The first-order chi connectivity index (χ1) is 11.2. The molecule has 132 valence electrons. The Bertz CT molecular complexity index is 402. The summed E-state index contributed by atoms with van der Waals surface area (Å²) in [6.07, 6.45) is 9.44. The molecule has 0 amide bonds. The highest BCUT2D eigenvalue weighted by atomic mass is 16.5. The Kier molecular flexibility index (Phi) is 4.70. The van der Waals surface area contributed by atoms with Crippen LogP contribution < -0.4 is 5.32 Å². The number of aliphatic hydroxyl groups is 1. The number of β-amino-alcohol motifs (C(OH)–C–C–N with tert-alkyl or cyclic N) is 1. The van der Waals surface area contributed by atoms with Gasteiger partial charge in [0.2, 0.25) is 0 Å². The third-order valence-electron chi connectivity index (χ3n) is 7.20. The maximum absolute atomic E-state index is 10.5. The molecule has 2 saturated heterocycles. The Hall–Kier alpha value is -0.160. The molecule has 4 aliphatic rings. The van der Waals surface area contributed by atoms with Gasteiger partial charge >= 0.3 is 0 Å². The van der Waals surface area contributed by atoms with Crippen molar-refractivity contribution in [2.45, 2.75) is 70.1 Å². The lowest BCUT2D eigenvalue weighted by molar-refractivity contribution is -0.132. The first kappa shape index (κ1) is 16.3. The Morgan fingerprint density at radius 2 is 1.96 bits per heavy atom. The van der Waals surface area contributed by atoms with Crippen LogP contribution in [0.25, 0.3) is 0 Å². The summed E-state index contributed by atoms with van der Waals surface area (Å²) in [4.78, 5) is 2.44. The van der Waals surface area contributed by atoms with Crippen LogP contribution in [0.3, 0.4) is 0 Å². The van der Waals surface area contributed by atoms with Crippen molar-refractivity contribution >= 4 is 0 Å². The van der Waals surface area contributed by atoms with Gasteiger partial charge in [0.05, 0.1) is 12.2 Å². The molecule has 0 aromatic carbocycles. The molecular weight excluding hydrogens is 288 g/mol. The molecule has 2 heterocycles. The fourth-order valence-electron chi connectivity index (χ4n) is 5.88. The first-order valence-corrected chi connectivity index (χ1v) is 9.94. The zero-order chi connectivity index (χ0) is 15.9. The van der Waals surface area contributed by atoms with Crippen molar-refractivity contribution in [2.75, 3.05) is 32.8 Å². The third-order valence-corrected chi connectivity index (χ3v) is 7.20. The van der Waals surface area contributed by atoms with Gasteiger partial charge in [-0.15, -0.1) is 0 Å². The van der Waals surface area contributed by atoms with Crippen LogP contribution >= 0.6 is 0 Å². The zero-order valence-corrected chi connectivity index (χ0v) is 14.7. The van der Waals surface area contributed by atoms with Crippen LogP contribution in [0.1, 0.15) is 51.9 Å².